The molecule has 0 fully saturated rings. The van der Waals surface area contributed by atoms with Gasteiger partial charge in [0, 0.05) is 10.9 Å². The molecule has 1 heterocycles. The molecule has 2 aromatic carbocycles. The monoisotopic (exact) mass is 491 g/mol. The summed E-state index contributed by atoms with van der Waals surface area (Å²) in [5.41, 5.74) is 0.0530. The third-order valence-electron chi connectivity index (χ3n) is 5.15. The van der Waals surface area contributed by atoms with E-state index in [-0.39, 0.29) is 16.4 Å². The van der Waals surface area contributed by atoms with Crippen molar-refractivity contribution in [1.29, 1.82) is 0 Å². The van der Waals surface area contributed by atoms with Gasteiger partial charge in [-0.1, -0.05) is 29.8 Å². The van der Waals surface area contributed by atoms with Crippen molar-refractivity contribution in [3.8, 4) is 0 Å². The Labute approximate surface area is 186 Å². The Hall–Kier alpha value is -2.57. The van der Waals surface area contributed by atoms with Gasteiger partial charge >= 0.3 is 6.18 Å². The number of rotatable bonds is 6. The third-order valence-corrected chi connectivity index (χ3v) is 6.88. The lowest BCUT2D eigenvalue weighted by atomic mass is 9.88. The Balaban J connectivity index is 2.12. The number of aryl methyl sites for hydroxylation is 1. The lowest BCUT2D eigenvalue weighted by Crippen LogP contribution is -2.34. The quantitative estimate of drug-likeness (QED) is 0.496. The van der Waals surface area contributed by atoms with Crippen molar-refractivity contribution in [1.82, 2.24) is 25.3 Å². The fourth-order valence-corrected chi connectivity index (χ4v) is 5.05. The van der Waals surface area contributed by atoms with E-state index in [1.807, 2.05) is 0 Å². The fraction of sp³-hybridized carbons (Fsp3) is 0.316. The number of halogens is 5. The van der Waals surface area contributed by atoms with E-state index in [9.17, 15) is 26.0 Å². The smallest absolute Gasteiger partial charge is 0.207 e. The first-order chi connectivity index (χ1) is 14.8. The van der Waals surface area contributed by atoms with Gasteiger partial charge in [-0.25, -0.2) is 12.8 Å². The molecule has 2 atom stereocenters. The number of hydrogen-bond acceptors (Lipinski definition) is 5. The number of nitrogens with zero attached hydrogens (tertiary/aromatic N) is 3. The standard InChI is InChI=1S/C19H18ClF4N5O2S/c1-9-4-6-14(21)16(10(9)2)11(3)17(18-25-28-29-26-18)27-32(30,31)15-7-5-12(20)8-13(15)19(22,23)24/h4-8,11,17,27H,1-3H3,(H,25,26,28,29). The molecular formula is C19H18ClF4N5O2S. The molecule has 0 amide bonds. The lowest BCUT2D eigenvalue weighted by Gasteiger charge is -2.25. The van der Waals surface area contributed by atoms with Gasteiger partial charge in [0.15, 0.2) is 5.82 Å². The Morgan fingerprint density at radius 2 is 1.84 bits per heavy atom. The van der Waals surface area contributed by atoms with Gasteiger partial charge in [-0.3, -0.25) is 0 Å². The average Bonchev–Trinajstić information content (AvgIpc) is 3.23. The van der Waals surface area contributed by atoms with Gasteiger partial charge in [-0.2, -0.15) is 23.1 Å². The molecule has 0 aliphatic heterocycles. The highest BCUT2D eigenvalue weighted by Gasteiger charge is 2.39. The number of benzene rings is 2. The maximum absolute atomic E-state index is 14.7. The van der Waals surface area contributed by atoms with E-state index in [1.54, 1.807) is 19.9 Å². The van der Waals surface area contributed by atoms with Crippen molar-refractivity contribution in [2.24, 2.45) is 0 Å². The topological polar surface area (TPSA) is 101 Å². The number of tetrazole rings is 1. The predicted molar refractivity (Wildman–Crippen MR) is 108 cm³/mol. The van der Waals surface area contributed by atoms with E-state index in [1.165, 1.54) is 13.0 Å². The van der Waals surface area contributed by atoms with Crippen LogP contribution in [-0.2, 0) is 16.2 Å². The molecule has 1 aromatic heterocycles. The molecule has 0 bridgehead atoms. The summed E-state index contributed by atoms with van der Waals surface area (Å²) in [5, 5.41) is 12.8. The number of hydrogen-bond donors (Lipinski definition) is 2. The van der Waals surface area contributed by atoms with Crippen LogP contribution in [0.5, 0.6) is 0 Å². The van der Waals surface area contributed by atoms with Crippen molar-refractivity contribution in [3.63, 3.8) is 0 Å². The number of nitrogens with one attached hydrogen (secondary N) is 2. The zero-order valence-electron chi connectivity index (χ0n) is 17.0. The van der Waals surface area contributed by atoms with Crippen molar-refractivity contribution in [2.45, 2.75) is 43.8 Å². The highest BCUT2D eigenvalue weighted by molar-refractivity contribution is 7.89. The lowest BCUT2D eigenvalue weighted by molar-refractivity contribution is -0.139. The van der Waals surface area contributed by atoms with Crippen LogP contribution in [0.2, 0.25) is 5.02 Å². The average molecular weight is 492 g/mol. The van der Waals surface area contributed by atoms with Gasteiger partial charge in [-0.05, 0) is 54.8 Å². The zero-order chi connectivity index (χ0) is 23.8. The molecule has 0 saturated heterocycles. The highest BCUT2D eigenvalue weighted by Crippen LogP contribution is 2.38. The minimum absolute atomic E-state index is 0.163. The van der Waals surface area contributed by atoms with Gasteiger partial charge in [0.05, 0.1) is 16.5 Å². The molecule has 0 aliphatic rings. The second kappa shape index (κ2) is 8.75. The van der Waals surface area contributed by atoms with Gasteiger partial charge < -0.3 is 0 Å². The Morgan fingerprint density at radius 1 is 1.16 bits per heavy atom. The molecule has 172 valence electrons. The van der Waals surface area contributed by atoms with Crippen LogP contribution in [0.15, 0.2) is 35.2 Å². The number of H-pyrrole nitrogens is 1. The number of sulfonamides is 1. The molecule has 0 radical (unpaired) electrons. The minimum atomic E-state index is -4.98. The summed E-state index contributed by atoms with van der Waals surface area (Å²) < 4.78 is 83.5. The summed E-state index contributed by atoms with van der Waals surface area (Å²) in [4.78, 5) is -1.03. The van der Waals surface area contributed by atoms with Gasteiger partial charge in [0.2, 0.25) is 10.0 Å². The molecule has 13 heteroatoms. The molecule has 0 spiro atoms. The molecule has 3 aromatic rings. The second-order valence-corrected chi connectivity index (χ2v) is 9.32. The van der Waals surface area contributed by atoms with Crippen LogP contribution in [0.1, 0.15) is 47.0 Å². The Bertz CT molecular complexity index is 1230. The Morgan fingerprint density at radius 3 is 2.44 bits per heavy atom. The highest BCUT2D eigenvalue weighted by atomic mass is 35.5. The molecule has 3 rings (SSSR count). The first-order valence-corrected chi connectivity index (χ1v) is 11.1. The summed E-state index contributed by atoms with van der Waals surface area (Å²) >= 11 is 5.65. The van der Waals surface area contributed by atoms with Gasteiger partial charge in [0.1, 0.15) is 5.82 Å². The second-order valence-electron chi connectivity index (χ2n) is 7.20. The van der Waals surface area contributed by atoms with E-state index in [0.29, 0.717) is 11.6 Å². The van der Waals surface area contributed by atoms with Crippen molar-refractivity contribution < 1.29 is 26.0 Å². The van der Waals surface area contributed by atoms with Crippen molar-refractivity contribution in [2.75, 3.05) is 0 Å². The third kappa shape index (κ3) is 4.76. The molecule has 2 unspecified atom stereocenters. The van der Waals surface area contributed by atoms with Crippen molar-refractivity contribution in [3.05, 3.63) is 69.2 Å². The van der Waals surface area contributed by atoms with Gasteiger partial charge in [0.25, 0.3) is 0 Å². The summed E-state index contributed by atoms with van der Waals surface area (Å²) in [6.07, 6.45) is -4.98. The first-order valence-electron chi connectivity index (χ1n) is 9.21. The summed E-state index contributed by atoms with van der Waals surface area (Å²) in [5.74, 6) is -1.66. The molecule has 32 heavy (non-hydrogen) atoms. The van der Waals surface area contributed by atoms with Crippen LogP contribution < -0.4 is 4.72 Å². The van der Waals surface area contributed by atoms with Crippen LogP contribution in [0, 0.1) is 19.7 Å². The normalized spacial score (nSPS) is 14.4. The zero-order valence-corrected chi connectivity index (χ0v) is 18.6. The number of alkyl halides is 3. The summed E-state index contributed by atoms with van der Waals surface area (Å²) in [6.45, 7) is 4.93. The van der Waals surface area contributed by atoms with E-state index < -0.39 is 44.4 Å². The summed E-state index contributed by atoms with van der Waals surface area (Å²) in [6, 6.07) is 3.78. The minimum Gasteiger partial charge on any atom is -0.207 e. The SMILES string of the molecule is Cc1ccc(F)c(C(C)C(NS(=O)(=O)c2ccc(Cl)cc2C(F)(F)F)c2nn[nH]n2)c1C. The maximum Gasteiger partial charge on any atom is 0.417 e. The van der Waals surface area contributed by atoms with E-state index in [0.717, 1.165) is 17.7 Å². The van der Waals surface area contributed by atoms with E-state index >= 15 is 0 Å². The van der Waals surface area contributed by atoms with Crippen molar-refractivity contribution >= 4 is 21.6 Å². The van der Waals surface area contributed by atoms with Crippen LogP contribution in [0.25, 0.3) is 0 Å². The van der Waals surface area contributed by atoms with Crippen LogP contribution >= 0.6 is 11.6 Å². The molecular weight excluding hydrogens is 474 g/mol. The summed E-state index contributed by atoms with van der Waals surface area (Å²) in [7, 11) is -4.78. The number of aromatic amines is 1. The Kier molecular flexibility index (Phi) is 6.59. The number of aromatic nitrogens is 4. The molecule has 0 saturated carbocycles. The predicted octanol–water partition coefficient (Wildman–Crippen LogP) is 4.45. The van der Waals surface area contributed by atoms with Crippen LogP contribution in [0.4, 0.5) is 17.6 Å². The molecule has 2 N–H and O–H groups in total. The molecule has 0 aliphatic carbocycles. The van der Waals surface area contributed by atoms with E-state index in [4.69, 9.17) is 11.6 Å². The maximum atomic E-state index is 14.7. The van der Waals surface area contributed by atoms with Gasteiger partial charge in [-0.15, -0.1) is 10.2 Å². The molecule has 7 nitrogen and oxygen atoms in total. The fourth-order valence-electron chi connectivity index (χ4n) is 3.40. The van der Waals surface area contributed by atoms with E-state index in [2.05, 4.69) is 25.3 Å². The first kappa shape index (κ1) is 24.1. The van der Waals surface area contributed by atoms with Crippen LogP contribution in [-0.4, -0.2) is 29.0 Å². The largest absolute Gasteiger partial charge is 0.417 e. The van der Waals surface area contributed by atoms with Crippen LogP contribution in [0.3, 0.4) is 0 Å².